The maximum atomic E-state index is 5.79. The fourth-order valence-corrected chi connectivity index (χ4v) is 3.01. The topological polar surface area (TPSA) is 15.7 Å². The van der Waals surface area contributed by atoms with Gasteiger partial charge in [0.1, 0.15) is 12.4 Å². The smallest absolute Gasteiger partial charge is 0.119 e. The third-order valence-corrected chi connectivity index (χ3v) is 4.54. The molecule has 0 atom stereocenters. The van der Waals surface area contributed by atoms with E-state index < -0.39 is 0 Å². The van der Waals surface area contributed by atoms with Crippen LogP contribution in [0.25, 0.3) is 0 Å². The van der Waals surface area contributed by atoms with E-state index in [1.165, 1.54) is 11.1 Å². The van der Waals surface area contributed by atoms with Crippen LogP contribution in [0.5, 0.6) is 5.75 Å². The van der Waals surface area contributed by atoms with E-state index in [0.717, 1.165) is 51.6 Å². The van der Waals surface area contributed by atoms with Crippen molar-refractivity contribution >= 4 is 0 Å². The number of benzene rings is 2. The summed E-state index contributed by atoms with van der Waals surface area (Å²) in [4.78, 5) is 5.05. The fraction of sp³-hybridized carbons (Fsp3) is 0.400. The molecule has 1 aliphatic rings. The second-order valence-electron chi connectivity index (χ2n) is 6.21. The molecule has 1 aliphatic heterocycles. The van der Waals surface area contributed by atoms with Gasteiger partial charge < -0.3 is 4.74 Å². The maximum absolute atomic E-state index is 5.79. The Morgan fingerprint density at radius 3 is 2.22 bits per heavy atom. The molecule has 3 heteroatoms. The maximum Gasteiger partial charge on any atom is 0.119 e. The van der Waals surface area contributed by atoms with E-state index >= 15 is 0 Å². The van der Waals surface area contributed by atoms with Crippen LogP contribution in [-0.2, 0) is 6.54 Å². The van der Waals surface area contributed by atoms with E-state index in [1.807, 2.05) is 30.3 Å². The monoisotopic (exact) mass is 310 g/mol. The largest absolute Gasteiger partial charge is 0.492 e. The van der Waals surface area contributed by atoms with Crippen molar-refractivity contribution in [1.82, 2.24) is 9.80 Å². The Morgan fingerprint density at radius 2 is 1.48 bits per heavy atom. The van der Waals surface area contributed by atoms with Gasteiger partial charge in [0.15, 0.2) is 0 Å². The molecule has 0 aliphatic carbocycles. The Bertz CT molecular complexity index is 592. The number of para-hydroxylation sites is 1. The summed E-state index contributed by atoms with van der Waals surface area (Å²) in [5.74, 6) is 0.964. The van der Waals surface area contributed by atoms with Gasteiger partial charge >= 0.3 is 0 Å². The molecule has 0 amide bonds. The summed E-state index contributed by atoms with van der Waals surface area (Å²) in [7, 11) is 0. The Hall–Kier alpha value is -1.84. The van der Waals surface area contributed by atoms with Crippen LogP contribution in [0.1, 0.15) is 11.1 Å². The molecule has 3 nitrogen and oxygen atoms in total. The Balaban J connectivity index is 1.38. The molecule has 0 bridgehead atoms. The van der Waals surface area contributed by atoms with Gasteiger partial charge in [-0.2, -0.15) is 0 Å². The number of aryl methyl sites for hydroxylation is 1. The first-order valence-electron chi connectivity index (χ1n) is 8.48. The summed E-state index contributed by atoms with van der Waals surface area (Å²) in [6.07, 6.45) is 0. The van der Waals surface area contributed by atoms with Crippen LogP contribution in [0.15, 0.2) is 54.6 Å². The lowest BCUT2D eigenvalue weighted by molar-refractivity contribution is 0.112. The zero-order valence-corrected chi connectivity index (χ0v) is 13.9. The van der Waals surface area contributed by atoms with Crippen LogP contribution in [0.2, 0.25) is 0 Å². The van der Waals surface area contributed by atoms with Crippen LogP contribution in [0.3, 0.4) is 0 Å². The number of piperazine rings is 1. The quantitative estimate of drug-likeness (QED) is 0.815. The van der Waals surface area contributed by atoms with Crippen molar-refractivity contribution in [2.45, 2.75) is 13.5 Å². The predicted octanol–water partition coefficient (Wildman–Crippen LogP) is 3.19. The SMILES string of the molecule is Cc1ccccc1CN1CCN(CCOc2ccccc2)CC1. The van der Waals surface area contributed by atoms with E-state index in [1.54, 1.807) is 0 Å². The lowest BCUT2D eigenvalue weighted by Crippen LogP contribution is -2.47. The van der Waals surface area contributed by atoms with Crippen molar-refractivity contribution in [1.29, 1.82) is 0 Å². The van der Waals surface area contributed by atoms with Gasteiger partial charge in [-0.15, -0.1) is 0 Å². The first-order chi connectivity index (χ1) is 11.3. The first-order valence-corrected chi connectivity index (χ1v) is 8.48. The Labute approximate surface area is 139 Å². The molecule has 0 radical (unpaired) electrons. The van der Waals surface area contributed by atoms with Crippen LogP contribution in [-0.4, -0.2) is 49.1 Å². The molecule has 0 unspecified atom stereocenters. The molecule has 122 valence electrons. The summed E-state index contributed by atoms with van der Waals surface area (Å²) >= 11 is 0. The third kappa shape index (κ3) is 4.81. The Kier molecular flexibility index (Phi) is 5.67. The highest BCUT2D eigenvalue weighted by molar-refractivity contribution is 5.25. The summed E-state index contributed by atoms with van der Waals surface area (Å²) < 4.78 is 5.79. The van der Waals surface area contributed by atoms with Crippen LogP contribution in [0.4, 0.5) is 0 Å². The van der Waals surface area contributed by atoms with E-state index in [-0.39, 0.29) is 0 Å². The number of hydrogen-bond acceptors (Lipinski definition) is 3. The summed E-state index contributed by atoms with van der Waals surface area (Å²) in [5.41, 5.74) is 2.85. The summed E-state index contributed by atoms with van der Waals surface area (Å²) in [5, 5.41) is 0. The van der Waals surface area contributed by atoms with Gasteiger partial charge in [-0.1, -0.05) is 42.5 Å². The van der Waals surface area contributed by atoms with Crippen molar-refractivity contribution in [3.63, 3.8) is 0 Å². The van der Waals surface area contributed by atoms with Crippen molar-refractivity contribution in [2.24, 2.45) is 0 Å². The first kappa shape index (κ1) is 16.0. The van der Waals surface area contributed by atoms with Gasteiger partial charge in [0.2, 0.25) is 0 Å². The minimum Gasteiger partial charge on any atom is -0.492 e. The minimum atomic E-state index is 0.766. The second kappa shape index (κ2) is 8.14. The molecule has 0 aromatic heterocycles. The van der Waals surface area contributed by atoms with E-state index in [2.05, 4.69) is 41.0 Å². The summed E-state index contributed by atoms with van der Waals surface area (Å²) in [6, 6.07) is 18.8. The predicted molar refractivity (Wildman–Crippen MR) is 94.8 cm³/mol. The highest BCUT2D eigenvalue weighted by Gasteiger charge is 2.17. The number of hydrogen-bond donors (Lipinski definition) is 0. The van der Waals surface area contributed by atoms with Crippen molar-refractivity contribution in [2.75, 3.05) is 39.3 Å². The highest BCUT2D eigenvalue weighted by Crippen LogP contribution is 2.13. The van der Waals surface area contributed by atoms with Gasteiger partial charge in [0, 0.05) is 39.3 Å². The van der Waals surface area contributed by atoms with Gasteiger partial charge in [-0.25, -0.2) is 0 Å². The van der Waals surface area contributed by atoms with Crippen LogP contribution in [0, 0.1) is 6.92 Å². The van der Waals surface area contributed by atoms with Crippen molar-refractivity contribution < 1.29 is 4.74 Å². The second-order valence-corrected chi connectivity index (χ2v) is 6.21. The summed E-state index contributed by atoms with van der Waals surface area (Å²) in [6.45, 7) is 9.58. The van der Waals surface area contributed by atoms with E-state index in [0.29, 0.717) is 0 Å². The van der Waals surface area contributed by atoms with Gasteiger partial charge in [-0.3, -0.25) is 9.80 Å². The third-order valence-electron chi connectivity index (χ3n) is 4.54. The molecule has 0 spiro atoms. The lowest BCUT2D eigenvalue weighted by Gasteiger charge is -2.34. The number of rotatable bonds is 6. The van der Waals surface area contributed by atoms with Crippen molar-refractivity contribution in [3.8, 4) is 5.75 Å². The van der Waals surface area contributed by atoms with Crippen molar-refractivity contribution in [3.05, 3.63) is 65.7 Å². The van der Waals surface area contributed by atoms with Crippen LogP contribution >= 0.6 is 0 Å². The lowest BCUT2D eigenvalue weighted by atomic mass is 10.1. The normalized spacial score (nSPS) is 16.4. The Morgan fingerprint density at radius 1 is 0.826 bits per heavy atom. The molecule has 3 rings (SSSR count). The molecule has 1 fully saturated rings. The van der Waals surface area contributed by atoms with E-state index in [9.17, 15) is 0 Å². The molecule has 2 aromatic rings. The average molecular weight is 310 g/mol. The molecule has 0 N–H and O–H groups in total. The minimum absolute atomic E-state index is 0.766. The fourth-order valence-electron chi connectivity index (χ4n) is 3.01. The average Bonchev–Trinajstić information content (AvgIpc) is 2.59. The van der Waals surface area contributed by atoms with Crippen LogP contribution < -0.4 is 4.74 Å². The van der Waals surface area contributed by atoms with Gasteiger partial charge in [0.25, 0.3) is 0 Å². The zero-order chi connectivity index (χ0) is 15.9. The van der Waals surface area contributed by atoms with Gasteiger partial charge in [0.05, 0.1) is 0 Å². The standard InChI is InChI=1S/C20H26N2O/c1-18-7-5-6-8-19(18)17-22-13-11-21(12-14-22)15-16-23-20-9-3-2-4-10-20/h2-10H,11-17H2,1H3. The van der Waals surface area contributed by atoms with E-state index in [4.69, 9.17) is 4.74 Å². The highest BCUT2D eigenvalue weighted by atomic mass is 16.5. The van der Waals surface area contributed by atoms with Gasteiger partial charge in [-0.05, 0) is 30.2 Å². The molecule has 23 heavy (non-hydrogen) atoms. The molecule has 1 saturated heterocycles. The number of ether oxygens (including phenoxy) is 1. The molecular weight excluding hydrogens is 284 g/mol. The zero-order valence-electron chi connectivity index (χ0n) is 13.9. The number of nitrogens with zero attached hydrogens (tertiary/aromatic N) is 2. The molecular formula is C20H26N2O. The molecule has 0 saturated carbocycles. The molecule has 1 heterocycles. The molecule has 2 aromatic carbocycles.